The summed E-state index contributed by atoms with van der Waals surface area (Å²) in [5.41, 5.74) is 1.04. The van der Waals surface area contributed by atoms with Gasteiger partial charge in [-0.25, -0.2) is 8.42 Å². The number of rotatable bonds is 4. The summed E-state index contributed by atoms with van der Waals surface area (Å²) < 4.78 is 27.2. The largest absolute Gasteiger partial charge is 0.341 e. The maximum absolute atomic E-state index is 12.8. The van der Waals surface area contributed by atoms with Crippen LogP contribution in [0.3, 0.4) is 0 Å². The van der Waals surface area contributed by atoms with E-state index >= 15 is 0 Å². The summed E-state index contributed by atoms with van der Waals surface area (Å²) in [6, 6.07) is 6.80. The number of piperazine rings is 1. The van der Waals surface area contributed by atoms with Crippen molar-refractivity contribution in [2.45, 2.75) is 50.5 Å². The van der Waals surface area contributed by atoms with Crippen molar-refractivity contribution in [1.29, 1.82) is 0 Å². The molecule has 2 aliphatic rings. The highest BCUT2D eigenvalue weighted by Crippen LogP contribution is 2.20. The quantitative estimate of drug-likeness (QED) is 0.786. The van der Waals surface area contributed by atoms with E-state index in [1.807, 2.05) is 30.9 Å². The Kier molecular flexibility index (Phi) is 6.55. The first-order valence-electron chi connectivity index (χ1n) is 9.99. The highest BCUT2D eigenvalue weighted by molar-refractivity contribution is 7.89. The molecule has 3 rings (SSSR count). The van der Waals surface area contributed by atoms with Gasteiger partial charge in [-0.05, 0) is 38.8 Å². The molecule has 27 heavy (non-hydrogen) atoms. The van der Waals surface area contributed by atoms with E-state index in [2.05, 4.69) is 4.90 Å². The predicted octanol–water partition coefficient (Wildman–Crippen LogP) is 2.09. The van der Waals surface area contributed by atoms with E-state index < -0.39 is 10.0 Å². The Hall–Kier alpha value is -1.44. The molecule has 2 heterocycles. The van der Waals surface area contributed by atoms with Crippen molar-refractivity contribution in [3.8, 4) is 0 Å². The van der Waals surface area contributed by atoms with E-state index in [4.69, 9.17) is 0 Å². The van der Waals surface area contributed by atoms with Gasteiger partial charge in [-0.3, -0.25) is 9.69 Å². The summed E-state index contributed by atoms with van der Waals surface area (Å²) in [4.78, 5) is 17.3. The molecule has 150 valence electrons. The number of likely N-dealkylation sites (tertiary alicyclic amines) is 1. The minimum Gasteiger partial charge on any atom is -0.341 e. The summed E-state index contributed by atoms with van der Waals surface area (Å²) >= 11 is 0. The molecule has 7 heteroatoms. The number of carbonyl (C=O) groups is 1. The highest BCUT2D eigenvalue weighted by Gasteiger charge is 2.33. The van der Waals surface area contributed by atoms with E-state index in [0.717, 1.165) is 31.5 Å². The molecule has 1 atom stereocenters. The summed E-state index contributed by atoms with van der Waals surface area (Å²) in [6.07, 6.45) is 4.57. The summed E-state index contributed by atoms with van der Waals surface area (Å²) in [5, 5.41) is 0. The van der Waals surface area contributed by atoms with E-state index in [1.165, 1.54) is 17.1 Å². The van der Waals surface area contributed by atoms with Gasteiger partial charge >= 0.3 is 0 Å². The second-order valence-corrected chi connectivity index (χ2v) is 9.61. The van der Waals surface area contributed by atoms with Crippen LogP contribution in [0.4, 0.5) is 0 Å². The van der Waals surface area contributed by atoms with E-state index in [0.29, 0.717) is 31.1 Å². The number of nitrogens with zero attached hydrogens (tertiary/aromatic N) is 3. The minimum atomic E-state index is -3.46. The van der Waals surface area contributed by atoms with Gasteiger partial charge < -0.3 is 4.90 Å². The molecule has 0 radical (unpaired) electrons. The lowest BCUT2D eigenvalue weighted by atomic mass is 10.2. The van der Waals surface area contributed by atoms with Gasteiger partial charge in [-0.15, -0.1) is 0 Å². The van der Waals surface area contributed by atoms with Crippen molar-refractivity contribution < 1.29 is 13.2 Å². The van der Waals surface area contributed by atoms with Crippen LogP contribution in [-0.2, 0) is 14.8 Å². The summed E-state index contributed by atoms with van der Waals surface area (Å²) in [6.45, 7) is 7.63. The lowest BCUT2D eigenvalue weighted by molar-refractivity contribution is -0.136. The highest BCUT2D eigenvalue weighted by atomic mass is 32.2. The maximum Gasteiger partial charge on any atom is 0.243 e. The van der Waals surface area contributed by atoms with Crippen molar-refractivity contribution in [3.63, 3.8) is 0 Å². The topological polar surface area (TPSA) is 60.9 Å². The van der Waals surface area contributed by atoms with Gasteiger partial charge in [0.25, 0.3) is 0 Å². The predicted molar refractivity (Wildman–Crippen MR) is 106 cm³/mol. The van der Waals surface area contributed by atoms with Crippen LogP contribution < -0.4 is 0 Å². The van der Waals surface area contributed by atoms with E-state index in [1.54, 1.807) is 12.1 Å². The zero-order chi connectivity index (χ0) is 19.4. The smallest absolute Gasteiger partial charge is 0.243 e. The third kappa shape index (κ3) is 4.70. The Balaban J connectivity index is 1.59. The molecule has 2 fully saturated rings. The Morgan fingerprint density at radius 1 is 0.889 bits per heavy atom. The summed E-state index contributed by atoms with van der Waals surface area (Å²) in [7, 11) is -3.46. The number of carbonyl (C=O) groups excluding carboxylic acids is 1. The van der Waals surface area contributed by atoms with Crippen LogP contribution in [0.2, 0.25) is 0 Å². The molecule has 0 bridgehead atoms. The molecule has 0 saturated carbocycles. The second-order valence-electron chi connectivity index (χ2n) is 7.67. The van der Waals surface area contributed by atoms with Crippen molar-refractivity contribution in [2.24, 2.45) is 0 Å². The SMILES string of the molecule is Cc1ccc(S(=O)(=O)N2CCN(C(C)C(=O)N3CCCCCC3)CC2)cc1. The average molecular weight is 394 g/mol. The molecule has 6 nitrogen and oxygen atoms in total. The van der Waals surface area contributed by atoms with Crippen molar-refractivity contribution in [1.82, 2.24) is 14.1 Å². The maximum atomic E-state index is 12.8. The molecule has 0 aromatic heterocycles. The molecule has 0 spiro atoms. The first-order chi connectivity index (χ1) is 12.9. The van der Waals surface area contributed by atoms with Gasteiger partial charge in [-0.1, -0.05) is 30.5 Å². The fourth-order valence-corrected chi connectivity index (χ4v) is 5.32. The number of hydrogen-bond donors (Lipinski definition) is 0. The van der Waals surface area contributed by atoms with Crippen LogP contribution in [0.5, 0.6) is 0 Å². The normalized spacial score (nSPS) is 21.6. The first kappa shape index (κ1) is 20.3. The zero-order valence-corrected chi connectivity index (χ0v) is 17.2. The van der Waals surface area contributed by atoms with Gasteiger partial charge in [0.15, 0.2) is 0 Å². The number of sulfonamides is 1. The molecule has 2 aliphatic heterocycles. The lowest BCUT2D eigenvalue weighted by Crippen LogP contribution is -2.55. The first-order valence-corrected chi connectivity index (χ1v) is 11.4. The van der Waals surface area contributed by atoms with Crippen LogP contribution in [0.25, 0.3) is 0 Å². The van der Waals surface area contributed by atoms with Gasteiger partial charge in [0.05, 0.1) is 10.9 Å². The molecular weight excluding hydrogens is 362 g/mol. The minimum absolute atomic E-state index is 0.187. The summed E-state index contributed by atoms with van der Waals surface area (Å²) in [5.74, 6) is 0.187. The molecule has 1 amide bonds. The van der Waals surface area contributed by atoms with Crippen molar-refractivity contribution in [3.05, 3.63) is 29.8 Å². The van der Waals surface area contributed by atoms with Crippen LogP contribution in [-0.4, -0.2) is 73.7 Å². The Morgan fingerprint density at radius 2 is 1.44 bits per heavy atom. The van der Waals surface area contributed by atoms with Crippen LogP contribution in [0.1, 0.15) is 38.2 Å². The Morgan fingerprint density at radius 3 is 2.00 bits per heavy atom. The molecule has 1 aromatic carbocycles. The number of aryl methyl sites for hydroxylation is 1. The fourth-order valence-electron chi connectivity index (χ4n) is 3.90. The van der Waals surface area contributed by atoms with Crippen LogP contribution >= 0.6 is 0 Å². The number of amides is 1. The van der Waals surface area contributed by atoms with Gasteiger partial charge in [0.1, 0.15) is 0 Å². The van der Waals surface area contributed by atoms with Crippen LogP contribution in [0, 0.1) is 6.92 Å². The number of hydrogen-bond acceptors (Lipinski definition) is 4. The molecule has 1 aromatic rings. The zero-order valence-electron chi connectivity index (χ0n) is 16.4. The molecular formula is C20H31N3O3S. The van der Waals surface area contributed by atoms with Crippen molar-refractivity contribution >= 4 is 15.9 Å². The monoisotopic (exact) mass is 393 g/mol. The van der Waals surface area contributed by atoms with Gasteiger partial charge in [0.2, 0.25) is 15.9 Å². The third-order valence-corrected chi connectivity index (χ3v) is 7.67. The molecule has 2 saturated heterocycles. The number of benzene rings is 1. The van der Waals surface area contributed by atoms with E-state index in [9.17, 15) is 13.2 Å². The Bertz CT molecular complexity index is 732. The molecule has 1 unspecified atom stereocenters. The molecule has 0 aliphatic carbocycles. The Labute approximate surface area is 163 Å². The molecule has 0 N–H and O–H groups in total. The standard InChI is InChI=1S/C20H31N3O3S/c1-17-7-9-19(10-8-17)27(25,26)23-15-13-21(14-16-23)18(2)20(24)22-11-5-3-4-6-12-22/h7-10,18H,3-6,11-16H2,1-2H3. The van der Waals surface area contributed by atoms with Crippen molar-refractivity contribution in [2.75, 3.05) is 39.3 Å². The van der Waals surface area contributed by atoms with Gasteiger partial charge in [-0.2, -0.15) is 4.31 Å². The van der Waals surface area contributed by atoms with E-state index in [-0.39, 0.29) is 11.9 Å². The second kappa shape index (κ2) is 8.71. The fraction of sp³-hybridized carbons (Fsp3) is 0.650. The van der Waals surface area contributed by atoms with Gasteiger partial charge in [0, 0.05) is 39.3 Å². The lowest BCUT2D eigenvalue weighted by Gasteiger charge is -2.38. The average Bonchev–Trinajstić information content (AvgIpc) is 2.97. The third-order valence-electron chi connectivity index (χ3n) is 5.75. The van der Waals surface area contributed by atoms with Crippen LogP contribution in [0.15, 0.2) is 29.2 Å².